The van der Waals surface area contributed by atoms with Gasteiger partial charge < -0.3 is 9.80 Å². The van der Waals surface area contributed by atoms with E-state index in [1.807, 2.05) is 13.0 Å². The van der Waals surface area contributed by atoms with Crippen molar-refractivity contribution in [3.8, 4) is 0 Å². The summed E-state index contributed by atoms with van der Waals surface area (Å²) in [5.74, 6) is -0.312. The maximum absolute atomic E-state index is 15.0. The summed E-state index contributed by atoms with van der Waals surface area (Å²) >= 11 is 0. The number of amides is 1. The number of carbonyl (C=O) groups excluding carboxylic acids is 1. The molecule has 2 heterocycles. The summed E-state index contributed by atoms with van der Waals surface area (Å²) in [6.45, 7) is 8.25. The van der Waals surface area contributed by atoms with E-state index >= 15 is 0 Å². The van der Waals surface area contributed by atoms with Gasteiger partial charge in [-0.25, -0.2) is 12.8 Å². The quantitative estimate of drug-likeness (QED) is 0.590. The summed E-state index contributed by atoms with van der Waals surface area (Å²) in [5.41, 5.74) is 1.19. The average molecular weight is 454 g/mol. The average Bonchev–Trinajstić information content (AvgIpc) is 2.74. The summed E-state index contributed by atoms with van der Waals surface area (Å²) in [6.07, 6.45) is 5.22. The van der Waals surface area contributed by atoms with Gasteiger partial charge in [0.25, 0.3) is 0 Å². The lowest BCUT2D eigenvalue weighted by atomic mass is 10.0. The van der Waals surface area contributed by atoms with E-state index in [9.17, 15) is 17.6 Å². The predicted octanol–water partition coefficient (Wildman–Crippen LogP) is 3.76. The van der Waals surface area contributed by atoms with E-state index in [0.29, 0.717) is 44.6 Å². The third-order valence-corrected chi connectivity index (χ3v) is 9.19. The number of hydrogen-bond acceptors (Lipinski definition) is 4. The Morgan fingerprint density at radius 2 is 1.84 bits per heavy atom. The third kappa shape index (κ3) is 5.58. The molecule has 0 aromatic heterocycles. The molecule has 2 saturated heterocycles. The van der Waals surface area contributed by atoms with Crippen LogP contribution in [0.1, 0.15) is 64.9 Å². The number of rotatable bonds is 7. The molecule has 0 N–H and O–H groups in total. The second-order valence-electron chi connectivity index (χ2n) is 8.90. The van der Waals surface area contributed by atoms with Gasteiger partial charge in [0.2, 0.25) is 15.9 Å². The van der Waals surface area contributed by atoms with Crippen LogP contribution in [0.25, 0.3) is 0 Å². The molecule has 6 nitrogen and oxygen atoms in total. The van der Waals surface area contributed by atoms with Crippen molar-refractivity contribution >= 4 is 21.6 Å². The Morgan fingerprint density at radius 3 is 2.45 bits per heavy atom. The normalized spacial score (nSPS) is 24.4. The lowest BCUT2D eigenvalue weighted by Gasteiger charge is -2.38. The zero-order chi connectivity index (χ0) is 22.6. The highest BCUT2D eigenvalue weighted by Crippen LogP contribution is 2.32. The molecule has 8 heteroatoms. The Kier molecular flexibility index (Phi) is 7.97. The van der Waals surface area contributed by atoms with Crippen molar-refractivity contribution in [2.24, 2.45) is 0 Å². The molecular formula is C23H36FN3O3S. The molecule has 0 bridgehead atoms. The van der Waals surface area contributed by atoms with E-state index in [0.717, 1.165) is 31.4 Å². The summed E-state index contributed by atoms with van der Waals surface area (Å²) < 4.78 is 42.9. The van der Waals surface area contributed by atoms with Gasteiger partial charge >= 0.3 is 0 Å². The number of carbonyl (C=O) groups is 1. The summed E-state index contributed by atoms with van der Waals surface area (Å²) in [4.78, 5) is 15.4. The number of anilines is 1. The molecule has 31 heavy (non-hydrogen) atoms. The van der Waals surface area contributed by atoms with Crippen LogP contribution in [-0.4, -0.2) is 61.0 Å². The molecule has 0 saturated carbocycles. The Labute approximate surface area is 186 Å². The number of hydrogen-bond donors (Lipinski definition) is 0. The Bertz CT molecular complexity index is 869. The van der Waals surface area contributed by atoms with E-state index in [-0.39, 0.29) is 29.6 Å². The standard InChI is InChI=1S/C23H36FN3O3S/c1-4-5-6-7-22-11-8-18(2)27(31(22,29)30)17-20-9-10-21(16-23(20)24)26-14-12-25(13-15-26)19(3)28/h9-10,16,18,22H,4-8,11-15,17H2,1-3H3/t18-,22?/m1/s1. The van der Waals surface area contributed by atoms with Crippen LogP contribution >= 0.6 is 0 Å². The van der Waals surface area contributed by atoms with Crippen LogP contribution in [0.4, 0.5) is 10.1 Å². The lowest BCUT2D eigenvalue weighted by Crippen LogP contribution is -2.48. The molecular weight excluding hydrogens is 417 g/mol. The van der Waals surface area contributed by atoms with Crippen molar-refractivity contribution in [2.75, 3.05) is 31.1 Å². The molecule has 2 aliphatic heterocycles. The van der Waals surface area contributed by atoms with Crippen LogP contribution in [0.5, 0.6) is 0 Å². The van der Waals surface area contributed by atoms with E-state index < -0.39 is 10.0 Å². The van der Waals surface area contributed by atoms with E-state index in [1.54, 1.807) is 17.9 Å². The summed E-state index contributed by atoms with van der Waals surface area (Å²) in [5, 5.41) is -0.352. The lowest BCUT2D eigenvalue weighted by molar-refractivity contribution is -0.129. The van der Waals surface area contributed by atoms with E-state index in [2.05, 4.69) is 11.8 Å². The van der Waals surface area contributed by atoms with Gasteiger partial charge in [-0.1, -0.05) is 32.3 Å². The Hall–Kier alpha value is -1.67. The molecule has 2 atom stereocenters. The molecule has 0 spiro atoms. The first-order valence-electron chi connectivity index (χ1n) is 11.5. The fraction of sp³-hybridized carbons (Fsp3) is 0.696. The molecule has 1 amide bonds. The van der Waals surface area contributed by atoms with Gasteiger partial charge in [0.05, 0.1) is 5.25 Å². The second kappa shape index (κ2) is 10.3. The van der Waals surface area contributed by atoms with Crippen molar-refractivity contribution in [3.05, 3.63) is 29.6 Å². The van der Waals surface area contributed by atoms with Gasteiger partial charge in [0.15, 0.2) is 0 Å². The van der Waals surface area contributed by atoms with Gasteiger partial charge in [0, 0.05) is 56.9 Å². The number of halogens is 1. The minimum Gasteiger partial charge on any atom is -0.368 e. The summed E-state index contributed by atoms with van der Waals surface area (Å²) in [6, 6.07) is 4.96. The van der Waals surface area contributed by atoms with Crippen LogP contribution in [-0.2, 0) is 21.4 Å². The van der Waals surface area contributed by atoms with Gasteiger partial charge in [-0.2, -0.15) is 4.31 Å². The maximum Gasteiger partial charge on any atom is 0.219 e. The first-order valence-corrected chi connectivity index (χ1v) is 13.0. The van der Waals surface area contributed by atoms with Crippen LogP contribution < -0.4 is 4.90 Å². The first-order chi connectivity index (χ1) is 14.7. The zero-order valence-corrected chi connectivity index (χ0v) is 19.8. The highest BCUT2D eigenvalue weighted by atomic mass is 32.2. The van der Waals surface area contributed by atoms with E-state index in [4.69, 9.17) is 0 Å². The van der Waals surface area contributed by atoms with Crippen LogP contribution in [0, 0.1) is 5.82 Å². The molecule has 2 aliphatic rings. The van der Waals surface area contributed by atoms with Gasteiger partial charge in [-0.3, -0.25) is 4.79 Å². The van der Waals surface area contributed by atoms with Crippen LogP contribution in [0.2, 0.25) is 0 Å². The molecule has 1 aromatic carbocycles. The number of unbranched alkanes of at least 4 members (excludes halogenated alkanes) is 2. The third-order valence-electron chi connectivity index (χ3n) is 6.73. The number of benzene rings is 1. The number of piperazine rings is 1. The SMILES string of the molecule is CCCCCC1CC[C@@H](C)N(Cc2ccc(N3CCN(C(C)=O)CC3)cc2F)S1(=O)=O. The molecule has 0 aliphatic carbocycles. The largest absolute Gasteiger partial charge is 0.368 e. The topological polar surface area (TPSA) is 60.9 Å². The van der Waals surface area contributed by atoms with Gasteiger partial charge in [-0.15, -0.1) is 0 Å². The molecule has 1 aromatic rings. The fourth-order valence-electron chi connectivity index (χ4n) is 4.63. The van der Waals surface area contributed by atoms with Crippen molar-refractivity contribution in [1.82, 2.24) is 9.21 Å². The van der Waals surface area contributed by atoms with Crippen LogP contribution in [0.3, 0.4) is 0 Å². The zero-order valence-electron chi connectivity index (χ0n) is 19.0. The van der Waals surface area contributed by atoms with Crippen molar-refractivity contribution < 1.29 is 17.6 Å². The highest BCUT2D eigenvalue weighted by molar-refractivity contribution is 7.89. The first kappa shape index (κ1) is 24.0. The molecule has 2 fully saturated rings. The maximum atomic E-state index is 15.0. The van der Waals surface area contributed by atoms with Gasteiger partial charge in [0.1, 0.15) is 5.82 Å². The minimum atomic E-state index is -3.44. The van der Waals surface area contributed by atoms with Crippen molar-refractivity contribution in [3.63, 3.8) is 0 Å². The van der Waals surface area contributed by atoms with Crippen LogP contribution in [0.15, 0.2) is 18.2 Å². The van der Waals surface area contributed by atoms with E-state index in [1.165, 1.54) is 10.4 Å². The monoisotopic (exact) mass is 453 g/mol. The number of sulfonamides is 1. The smallest absolute Gasteiger partial charge is 0.219 e. The van der Waals surface area contributed by atoms with Crippen molar-refractivity contribution in [1.29, 1.82) is 0 Å². The second-order valence-corrected chi connectivity index (χ2v) is 11.1. The predicted molar refractivity (Wildman–Crippen MR) is 122 cm³/mol. The fourth-order valence-corrected chi connectivity index (χ4v) is 6.84. The number of nitrogens with zero attached hydrogens (tertiary/aromatic N) is 3. The van der Waals surface area contributed by atoms with Gasteiger partial charge in [-0.05, 0) is 38.3 Å². The van der Waals surface area contributed by atoms with Crippen molar-refractivity contribution in [2.45, 2.75) is 77.1 Å². The Balaban J connectivity index is 1.69. The molecule has 174 valence electrons. The molecule has 0 radical (unpaired) electrons. The highest BCUT2D eigenvalue weighted by Gasteiger charge is 2.39. The molecule has 3 rings (SSSR count). The summed E-state index contributed by atoms with van der Waals surface area (Å²) in [7, 11) is -3.44. The minimum absolute atomic E-state index is 0.0611. The molecule has 1 unspecified atom stereocenters. The Morgan fingerprint density at radius 1 is 1.13 bits per heavy atom.